The van der Waals surface area contributed by atoms with Crippen LogP contribution in [0.3, 0.4) is 0 Å². The SMILES string of the molecule is CNC(=O)c1c(N)sc2c1-c1ccccc1OC2. The molecule has 0 unspecified atom stereocenters. The summed E-state index contributed by atoms with van der Waals surface area (Å²) >= 11 is 1.42. The molecule has 5 heteroatoms. The maximum atomic E-state index is 12.0. The number of rotatable bonds is 1. The molecule has 0 radical (unpaired) electrons. The standard InChI is InChI=1S/C13H12N2O2S/c1-15-13(16)11-10-7-4-2-3-5-8(7)17-6-9(10)18-12(11)14/h2-5H,6,14H2,1H3,(H,15,16). The largest absolute Gasteiger partial charge is 0.487 e. The zero-order valence-electron chi connectivity index (χ0n) is 9.82. The highest BCUT2D eigenvalue weighted by Gasteiger charge is 2.27. The quantitative estimate of drug-likeness (QED) is 0.826. The molecule has 0 aliphatic carbocycles. The van der Waals surface area contributed by atoms with Gasteiger partial charge in [-0.3, -0.25) is 4.79 Å². The Labute approximate surface area is 108 Å². The van der Waals surface area contributed by atoms with Crippen LogP contribution in [0.5, 0.6) is 5.75 Å². The van der Waals surface area contributed by atoms with Crippen LogP contribution < -0.4 is 15.8 Å². The van der Waals surface area contributed by atoms with Gasteiger partial charge in [-0.1, -0.05) is 18.2 Å². The highest BCUT2D eigenvalue weighted by molar-refractivity contribution is 7.17. The lowest BCUT2D eigenvalue weighted by Gasteiger charge is -2.18. The van der Waals surface area contributed by atoms with Crippen LogP contribution in [0.1, 0.15) is 15.2 Å². The summed E-state index contributed by atoms with van der Waals surface area (Å²) in [4.78, 5) is 13.0. The maximum absolute atomic E-state index is 12.0. The smallest absolute Gasteiger partial charge is 0.254 e. The molecule has 2 aromatic rings. The Hall–Kier alpha value is -2.01. The maximum Gasteiger partial charge on any atom is 0.254 e. The van der Waals surface area contributed by atoms with Crippen molar-refractivity contribution in [1.82, 2.24) is 5.32 Å². The van der Waals surface area contributed by atoms with Crippen LogP contribution in [0.25, 0.3) is 11.1 Å². The van der Waals surface area contributed by atoms with E-state index in [1.165, 1.54) is 11.3 Å². The number of thiophene rings is 1. The van der Waals surface area contributed by atoms with Gasteiger partial charge in [0.2, 0.25) is 0 Å². The Morgan fingerprint density at radius 1 is 1.44 bits per heavy atom. The van der Waals surface area contributed by atoms with Crippen LogP contribution >= 0.6 is 11.3 Å². The van der Waals surface area contributed by atoms with E-state index in [9.17, 15) is 4.79 Å². The minimum Gasteiger partial charge on any atom is -0.487 e. The van der Waals surface area contributed by atoms with E-state index in [0.29, 0.717) is 17.2 Å². The monoisotopic (exact) mass is 260 g/mol. The van der Waals surface area contributed by atoms with Crippen LogP contribution in [0, 0.1) is 0 Å². The Bertz CT molecular complexity index is 634. The first-order chi connectivity index (χ1) is 8.72. The number of nitrogens with two attached hydrogens (primary N) is 1. The summed E-state index contributed by atoms with van der Waals surface area (Å²) in [5.74, 6) is 0.648. The Morgan fingerprint density at radius 2 is 2.22 bits per heavy atom. The molecular formula is C13H12N2O2S. The van der Waals surface area contributed by atoms with Crippen LogP contribution in [0.4, 0.5) is 5.00 Å². The highest BCUT2D eigenvalue weighted by atomic mass is 32.1. The lowest BCUT2D eigenvalue weighted by atomic mass is 9.98. The molecule has 2 heterocycles. The van der Waals surface area contributed by atoms with Crippen molar-refractivity contribution in [2.24, 2.45) is 0 Å². The number of fused-ring (bicyclic) bond motifs is 3. The summed E-state index contributed by atoms with van der Waals surface area (Å²) in [5, 5.41) is 3.18. The lowest BCUT2D eigenvalue weighted by molar-refractivity contribution is 0.0965. The Morgan fingerprint density at radius 3 is 3.00 bits per heavy atom. The normalized spacial score (nSPS) is 12.3. The fourth-order valence-electron chi connectivity index (χ4n) is 2.18. The number of amides is 1. The molecule has 0 bridgehead atoms. The minimum atomic E-state index is -0.151. The van der Waals surface area contributed by atoms with Gasteiger partial charge in [-0.05, 0) is 6.07 Å². The first-order valence-electron chi connectivity index (χ1n) is 5.57. The molecule has 0 fully saturated rings. The molecule has 0 saturated carbocycles. The number of nitrogen functional groups attached to an aromatic ring is 1. The van der Waals surface area contributed by atoms with Gasteiger partial charge in [-0.15, -0.1) is 11.3 Å². The van der Waals surface area contributed by atoms with E-state index in [2.05, 4.69) is 5.32 Å². The van der Waals surface area contributed by atoms with Gasteiger partial charge in [0.25, 0.3) is 5.91 Å². The number of para-hydroxylation sites is 1. The molecule has 1 aliphatic rings. The molecule has 92 valence electrons. The number of hydrogen-bond donors (Lipinski definition) is 2. The molecule has 0 spiro atoms. The Balaban J connectivity index is 2.28. The van der Waals surface area contributed by atoms with Crippen LogP contribution in [-0.4, -0.2) is 13.0 Å². The summed E-state index contributed by atoms with van der Waals surface area (Å²) < 4.78 is 5.65. The predicted molar refractivity (Wildman–Crippen MR) is 71.9 cm³/mol. The third-order valence-corrected chi connectivity index (χ3v) is 3.97. The fourth-order valence-corrected chi connectivity index (χ4v) is 3.17. The van der Waals surface area contributed by atoms with Gasteiger partial charge < -0.3 is 15.8 Å². The Kier molecular flexibility index (Phi) is 2.48. The minimum absolute atomic E-state index is 0.151. The number of hydrogen-bond acceptors (Lipinski definition) is 4. The zero-order valence-corrected chi connectivity index (χ0v) is 10.6. The summed E-state index contributed by atoms with van der Waals surface area (Å²) in [6, 6.07) is 7.70. The highest BCUT2D eigenvalue weighted by Crippen LogP contribution is 2.45. The molecular weight excluding hydrogens is 248 g/mol. The third kappa shape index (κ3) is 1.48. The van der Waals surface area contributed by atoms with Gasteiger partial charge in [0, 0.05) is 18.2 Å². The molecule has 1 amide bonds. The van der Waals surface area contributed by atoms with Crippen molar-refractivity contribution in [3.8, 4) is 16.9 Å². The molecule has 3 N–H and O–H groups in total. The molecule has 0 atom stereocenters. The first-order valence-corrected chi connectivity index (χ1v) is 6.39. The summed E-state index contributed by atoms with van der Waals surface area (Å²) in [6.45, 7) is 0.470. The number of ether oxygens (including phenoxy) is 1. The molecule has 0 saturated heterocycles. The topological polar surface area (TPSA) is 64.4 Å². The number of carbonyl (C=O) groups is 1. The second kappa shape index (κ2) is 4.03. The molecule has 1 aliphatic heterocycles. The van der Waals surface area contributed by atoms with E-state index >= 15 is 0 Å². The van der Waals surface area contributed by atoms with Gasteiger partial charge in [-0.2, -0.15) is 0 Å². The third-order valence-electron chi connectivity index (χ3n) is 2.98. The summed E-state index contributed by atoms with van der Waals surface area (Å²) in [7, 11) is 1.61. The van der Waals surface area contributed by atoms with E-state index in [1.54, 1.807) is 7.05 Å². The molecule has 1 aromatic carbocycles. The zero-order chi connectivity index (χ0) is 12.7. The van der Waals surface area contributed by atoms with E-state index in [0.717, 1.165) is 21.8 Å². The molecule has 3 rings (SSSR count). The molecule has 18 heavy (non-hydrogen) atoms. The number of benzene rings is 1. The lowest BCUT2D eigenvalue weighted by Crippen LogP contribution is -2.19. The summed E-state index contributed by atoms with van der Waals surface area (Å²) in [6.07, 6.45) is 0. The van der Waals surface area contributed by atoms with Crippen molar-refractivity contribution in [1.29, 1.82) is 0 Å². The van der Waals surface area contributed by atoms with Gasteiger partial charge in [0.05, 0.1) is 15.4 Å². The van der Waals surface area contributed by atoms with Gasteiger partial charge in [-0.25, -0.2) is 0 Å². The van der Waals surface area contributed by atoms with E-state index in [1.807, 2.05) is 24.3 Å². The molecule has 1 aromatic heterocycles. The van der Waals surface area contributed by atoms with Crippen molar-refractivity contribution in [2.45, 2.75) is 6.61 Å². The second-order valence-corrected chi connectivity index (χ2v) is 5.14. The van der Waals surface area contributed by atoms with Gasteiger partial charge >= 0.3 is 0 Å². The van der Waals surface area contributed by atoms with Crippen molar-refractivity contribution in [3.63, 3.8) is 0 Å². The number of carbonyl (C=O) groups excluding carboxylic acids is 1. The van der Waals surface area contributed by atoms with E-state index in [4.69, 9.17) is 10.5 Å². The molecule has 4 nitrogen and oxygen atoms in total. The van der Waals surface area contributed by atoms with E-state index < -0.39 is 0 Å². The second-order valence-electron chi connectivity index (χ2n) is 4.00. The van der Waals surface area contributed by atoms with Crippen LogP contribution in [-0.2, 0) is 6.61 Å². The van der Waals surface area contributed by atoms with Crippen molar-refractivity contribution < 1.29 is 9.53 Å². The first kappa shape index (κ1) is 11.1. The van der Waals surface area contributed by atoms with Gasteiger partial charge in [0.1, 0.15) is 12.4 Å². The van der Waals surface area contributed by atoms with Gasteiger partial charge in [0.15, 0.2) is 0 Å². The average molecular weight is 260 g/mol. The van der Waals surface area contributed by atoms with Crippen molar-refractivity contribution >= 4 is 22.2 Å². The van der Waals surface area contributed by atoms with Crippen LogP contribution in [0.2, 0.25) is 0 Å². The van der Waals surface area contributed by atoms with Crippen LogP contribution in [0.15, 0.2) is 24.3 Å². The summed E-state index contributed by atoms with van der Waals surface area (Å²) in [5.41, 5.74) is 8.37. The predicted octanol–water partition coefficient (Wildman–Crippen LogP) is 2.25. The average Bonchev–Trinajstić information content (AvgIpc) is 2.74. The number of anilines is 1. The number of nitrogens with one attached hydrogen (secondary N) is 1. The van der Waals surface area contributed by atoms with Crippen molar-refractivity contribution in [3.05, 3.63) is 34.7 Å². The fraction of sp³-hybridized carbons (Fsp3) is 0.154. The van der Waals surface area contributed by atoms with E-state index in [-0.39, 0.29) is 5.91 Å². The van der Waals surface area contributed by atoms with Crippen molar-refractivity contribution in [2.75, 3.05) is 12.8 Å².